The van der Waals surface area contributed by atoms with Crippen LogP contribution in [0.15, 0.2) is 17.1 Å². The summed E-state index contributed by atoms with van der Waals surface area (Å²) in [4.78, 5) is 11.6. The molecule has 0 unspecified atom stereocenters. The molecule has 0 saturated heterocycles. The van der Waals surface area contributed by atoms with Crippen molar-refractivity contribution in [3.63, 3.8) is 0 Å². The highest BCUT2D eigenvalue weighted by molar-refractivity contribution is 5.12. The molecule has 1 heterocycles. The van der Waals surface area contributed by atoms with E-state index in [0.29, 0.717) is 12.0 Å². The van der Waals surface area contributed by atoms with Gasteiger partial charge in [0, 0.05) is 17.8 Å². The summed E-state index contributed by atoms with van der Waals surface area (Å²) in [6, 6.07) is 1.31. The summed E-state index contributed by atoms with van der Waals surface area (Å²) in [6.45, 7) is 5.57. The molecule has 0 aromatic carbocycles. The van der Waals surface area contributed by atoms with Crippen molar-refractivity contribution >= 4 is 0 Å². The number of hydrogen-bond acceptors (Lipinski definition) is 1. The van der Waals surface area contributed by atoms with Gasteiger partial charge < -0.3 is 4.57 Å². The number of halogens is 1. The second kappa shape index (κ2) is 3.73. The standard InChI is InChI=1S/C10H14FNO/c1-4-8-5-9(11)6-12(7(2)3)10(8)13/h5-7H,4H2,1-3H3. The second-order valence-electron chi connectivity index (χ2n) is 3.34. The summed E-state index contributed by atoms with van der Waals surface area (Å²) < 4.78 is 14.4. The molecule has 0 aliphatic rings. The molecule has 0 fully saturated rings. The molecule has 1 aromatic rings. The van der Waals surface area contributed by atoms with Crippen LogP contribution in [-0.4, -0.2) is 4.57 Å². The van der Waals surface area contributed by atoms with E-state index in [-0.39, 0.29) is 17.4 Å². The number of pyridine rings is 1. The van der Waals surface area contributed by atoms with Crippen molar-refractivity contribution in [2.24, 2.45) is 0 Å². The fraction of sp³-hybridized carbons (Fsp3) is 0.500. The first kappa shape index (κ1) is 9.96. The van der Waals surface area contributed by atoms with Crippen molar-refractivity contribution in [1.82, 2.24) is 4.57 Å². The molecule has 0 aliphatic carbocycles. The summed E-state index contributed by atoms with van der Waals surface area (Å²) in [5.41, 5.74) is 0.451. The van der Waals surface area contributed by atoms with Gasteiger partial charge >= 0.3 is 0 Å². The van der Waals surface area contributed by atoms with Gasteiger partial charge in [0.1, 0.15) is 5.82 Å². The van der Waals surface area contributed by atoms with E-state index in [1.54, 1.807) is 0 Å². The molecule has 2 nitrogen and oxygen atoms in total. The predicted octanol–water partition coefficient (Wildman–Crippen LogP) is 2.13. The first-order chi connectivity index (χ1) is 6.06. The normalized spacial score (nSPS) is 10.8. The molecule has 72 valence electrons. The average molecular weight is 183 g/mol. The Morgan fingerprint density at radius 1 is 1.54 bits per heavy atom. The lowest BCUT2D eigenvalue weighted by molar-refractivity contribution is 0.531. The van der Waals surface area contributed by atoms with Crippen LogP contribution in [0.1, 0.15) is 32.4 Å². The molecule has 0 atom stereocenters. The molecule has 1 rings (SSSR count). The van der Waals surface area contributed by atoms with Gasteiger partial charge in [-0.2, -0.15) is 0 Å². The van der Waals surface area contributed by atoms with E-state index in [4.69, 9.17) is 0 Å². The fourth-order valence-electron chi connectivity index (χ4n) is 1.26. The molecule has 0 radical (unpaired) electrons. The summed E-state index contributed by atoms with van der Waals surface area (Å²) >= 11 is 0. The Labute approximate surface area is 77.0 Å². The molecular formula is C10H14FNO. The minimum absolute atomic E-state index is 0.00787. The molecule has 0 amide bonds. The minimum Gasteiger partial charge on any atom is -0.310 e. The number of aromatic nitrogens is 1. The van der Waals surface area contributed by atoms with Crippen molar-refractivity contribution in [2.45, 2.75) is 33.2 Å². The van der Waals surface area contributed by atoms with Crippen molar-refractivity contribution in [2.75, 3.05) is 0 Å². The first-order valence-corrected chi connectivity index (χ1v) is 4.46. The molecule has 3 heteroatoms. The van der Waals surface area contributed by atoms with Crippen molar-refractivity contribution < 1.29 is 4.39 Å². The molecular weight excluding hydrogens is 169 g/mol. The van der Waals surface area contributed by atoms with Gasteiger partial charge in [-0.3, -0.25) is 4.79 Å². The molecule has 0 aliphatic heterocycles. The van der Waals surface area contributed by atoms with E-state index in [9.17, 15) is 9.18 Å². The summed E-state index contributed by atoms with van der Waals surface area (Å²) in [6.07, 6.45) is 1.83. The van der Waals surface area contributed by atoms with Gasteiger partial charge in [0.15, 0.2) is 0 Å². The third-order valence-corrected chi connectivity index (χ3v) is 2.02. The molecule has 0 saturated carbocycles. The number of aryl methyl sites for hydroxylation is 1. The van der Waals surface area contributed by atoms with Gasteiger partial charge in [0.05, 0.1) is 0 Å². The van der Waals surface area contributed by atoms with Gasteiger partial charge in [-0.25, -0.2) is 4.39 Å². The number of rotatable bonds is 2. The highest BCUT2D eigenvalue weighted by Crippen LogP contribution is 2.04. The van der Waals surface area contributed by atoms with Crippen LogP contribution < -0.4 is 5.56 Å². The van der Waals surface area contributed by atoms with Crippen LogP contribution in [-0.2, 0) is 6.42 Å². The van der Waals surface area contributed by atoms with Crippen LogP contribution in [0.2, 0.25) is 0 Å². The Kier molecular flexibility index (Phi) is 2.86. The number of nitrogens with zero attached hydrogens (tertiary/aromatic N) is 1. The van der Waals surface area contributed by atoms with Gasteiger partial charge in [-0.15, -0.1) is 0 Å². The van der Waals surface area contributed by atoms with Crippen LogP contribution >= 0.6 is 0 Å². The maximum absolute atomic E-state index is 13.0. The highest BCUT2D eigenvalue weighted by Gasteiger charge is 2.06. The Bertz CT molecular complexity index is 354. The van der Waals surface area contributed by atoms with E-state index in [1.165, 1.54) is 16.8 Å². The fourth-order valence-corrected chi connectivity index (χ4v) is 1.26. The first-order valence-electron chi connectivity index (χ1n) is 4.46. The number of hydrogen-bond donors (Lipinski definition) is 0. The Hall–Kier alpha value is -1.12. The highest BCUT2D eigenvalue weighted by atomic mass is 19.1. The molecule has 0 spiro atoms. The van der Waals surface area contributed by atoms with E-state index < -0.39 is 0 Å². The lowest BCUT2D eigenvalue weighted by Gasteiger charge is -2.10. The lowest BCUT2D eigenvalue weighted by atomic mass is 10.2. The maximum atomic E-state index is 13.0. The SMILES string of the molecule is CCc1cc(F)cn(C(C)C)c1=O. The summed E-state index contributed by atoms with van der Waals surface area (Å²) in [5.74, 6) is -0.342. The third-order valence-electron chi connectivity index (χ3n) is 2.02. The topological polar surface area (TPSA) is 22.0 Å². The Morgan fingerprint density at radius 2 is 2.15 bits per heavy atom. The van der Waals surface area contributed by atoms with E-state index in [1.807, 2.05) is 20.8 Å². The maximum Gasteiger partial charge on any atom is 0.254 e. The zero-order valence-corrected chi connectivity index (χ0v) is 8.17. The van der Waals surface area contributed by atoms with Gasteiger partial charge in [-0.05, 0) is 26.3 Å². The largest absolute Gasteiger partial charge is 0.310 e. The van der Waals surface area contributed by atoms with Gasteiger partial charge in [0.2, 0.25) is 0 Å². The van der Waals surface area contributed by atoms with Crippen molar-refractivity contribution in [3.8, 4) is 0 Å². The van der Waals surface area contributed by atoms with Gasteiger partial charge in [0.25, 0.3) is 5.56 Å². The third kappa shape index (κ3) is 1.97. The van der Waals surface area contributed by atoms with Crippen molar-refractivity contribution in [1.29, 1.82) is 0 Å². The van der Waals surface area contributed by atoms with E-state index in [0.717, 1.165) is 0 Å². The van der Waals surface area contributed by atoms with Crippen LogP contribution in [0.3, 0.4) is 0 Å². The Morgan fingerprint density at radius 3 is 2.62 bits per heavy atom. The summed E-state index contributed by atoms with van der Waals surface area (Å²) in [5, 5.41) is 0. The summed E-state index contributed by atoms with van der Waals surface area (Å²) in [7, 11) is 0. The molecule has 13 heavy (non-hydrogen) atoms. The van der Waals surface area contributed by atoms with Crippen LogP contribution in [0.25, 0.3) is 0 Å². The zero-order valence-electron chi connectivity index (χ0n) is 8.17. The molecule has 0 N–H and O–H groups in total. The van der Waals surface area contributed by atoms with E-state index in [2.05, 4.69) is 0 Å². The lowest BCUT2D eigenvalue weighted by Crippen LogP contribution is -2.25. The molecule has 0 bridgehead atoms. The second-order valence-corrected chi connectivity index (χ2v) is 3.34. The zero-order chi connectivity index (χ0) is 10.0. The van der Waals surface area contributed by atoms with Crippen LogP contribution in [0, 0.1) is 5.82 Å². The average Bonchev–Trinajstić information content (AvgIpc) is 2.08. The monoisotopic (exact) mass is 183 g/mol. The van der Waals surface area contributed by atoms with Gasteiger partial charge in [-0.1, -0.05) is 6.92 Å². The Balaban J connectivity index is 3.36. The quantitative estimate of drug-likeness (QED) is 0.688. The van der Waals surface area contributed by atoms with Crippen LogP contribution in [0.5, 0.6) is 0 Å². The predicted molar refractivity (Wildman–Crippen MR) is 50.4 cm³/mol. The molecule has 1 aromatic heterocycles. The van der Waals surface area contributed by atoms with Crippen LogP contribution in [0.4, 0.5) is 4.39 Å². The minimum atomic E-state index is -0.342. The smallest absolute Gasteiger partial charge is 0.254 e. The van der Waals surface area contributed by atoms with E-state index >= 15 is 0 Å². The van der Waals surface area contributed by atoms with Crippen molar-refractivity contribution in [3.05, 3.63) is 34.0 Å².